The van der Waals surface area contributed by atoms with Gasteiger partial charge in [0.1, 0.15) is 5.75 Å². The summed E-state index contributed by atoms with van der Waals surface area (Å²) in [5.74, 6) is -0.955. The number of para-hydroxylation sites is 1. The number of rotatable bonds is 7. The molecule has 0 aliphatic rings. The molecule has 0 fully saturated rings. The van der Waals surface area contributed by atoms with Gasteiger partial charge in [-0.15, -0.1) is 0 Å². The van der Waals surface area contributed by atoms with Crippen LogP contribution in [0.4, 0.5) is 5.69 Å². The average molecular weight is 362 g/mol. The number of benzene rings is 2. The van der Waals surface area contributed by atoms with E-state index in [9.17, 15) is 14.4 Å². The first-order valence-electron chi connectivity index (χ1n) is 7.42. The Labute approximate surface area is 149 Å². The molecule has 1 N–H and O–H groups in total. The van der Waals surface area contributed by atoms with Crippen LogP contribution in [0.15, 0.2) is 48.5 Å². The van der Waals surface area contributed by atoms with Gasteiger partial charge in [0.15, 0.2) is 19.0 Å². The van der Waals surface area contributed by atoms with Gasteiger partial charge in [0.2, 0.25) is 0 Å². The van der Waals surface area contributed by atoms with Crippen LogP contribution in [0.1, 0.15) is 17.3 Å². The molecular weight excluding hydrogens is 346 g/mol. The smallest absolute Gasteiger partial charge is 0.344 e. The third-order valence-corrected chi connectivity index (χ3v) is 3.40. The Hall–Kier alpha value is -2.86. The molecule has 0 aliphatic carbocycles. The van der Waals surface area contributed by atoms with Crippen molar-refractivity contribution in [2.45, 2.75) is 13.0 Å². The van der Waals surface area contributed by atoms with E-state index >= 15 is 0 Å². The van der Waals surface area contributed by atoms with E-state index in [2.05, 4.69) is 5.32 Å². The van der Waals surface area contributed by atoms with E-state index in [-0.39, 0.29) is 5.75 Å². The van der Waals surface area contributed by atoms with Gasteiger partial charge >= 0.3 is 5.97 Å². The maximum absolute atomic E-state index is 12.0. The summed E-state index contributed by atoms with van der Waals surface area (Å²) in [5, 5.41) is 3.07. The van der Waals surface area contributed by atoms with Gasteiger partial charge in [-0.3, -0.25) is 9.59 Å². The summed E-state index contributed by atoms with van der Waals surface area (Å²) in [4.78, 5) is 34.7. The number of carbonyl (C=O) groups excluding carboxylic acids is 3. The molecule has 130 valence electrons. The second-order valence-electron chi connectivity index (χ2n) is 5.08. The van der Waals surface area contributed by atoms with Gasteiger partial charge in [0, 0.05) is 10.7 Å². The first-order valence-corrected chi connectivity index (χ1v) is 7.80. The number of aldehydes is 1. The van der Waals surface area contributed by atoms with Gasteiger partial charge in [0.05, 0.1) is 5.56 Å². The predicted molar refractivity (Wildman–Crippen MR) is 93.0 cm³/mol. The highest BCUT2D eigenvalue weighted by Gasteiger charge is 2.18. The fourth-order valence-electron chi connectivity index (χ4n) is 1.94. The third kappa shape index (κ3) is 5.61. The second kappa shape index (κ2) is 8.84. The largest absolute Gasteiger partial charge is 0.481 e. The van der Waals surface area contributed by atoms with Crippen molar-refractivity contribution in [2.75, 3.05) is 11.9 Å². The van der Waals surface area contributed by atoms with Gasteiger partial charge in [-0.05, 0) is 37.3 Å². The highest BCUT2D eigenvalue weighted by Crippen LogP contribution is 2.16. The van der Waals surface area contributed by atoms with Crippen molar-refractivity contribution < 1.29 is 23.9 Å². The lowest BCUT2D eigenvalue weighted by molar-refractivity contribution is -0.155. The number of hydrogen-bond acceptors (Lipinski definition) is 5. The number of anilines is 1. The van der Waals surface area contributed by atoms with Crippen LogP contribution in [-0.2, 0) is 14.3 Å². The maximum atomic E-state index is 12.0. The molecule has 1 amide bonds. The normalized spacial score (nSPS) is 11.3. The topological polar surface area (TPSA) is 81.7 Å². The van der Waals surface area contributed by atoms with Gasteiger partial charge < -0.3 is 14.8 Å². The van der Waals surface area contributed by atoms with E-state index in [1.165, 1.54) is 6.92 Å². The van der Waals surface area contributed by atoms with Crippen molar-refractivity contribution in [1.82, 2.24) is 0 Å². The van der Waals surface area contributed by atoms with E-state index in [0.717, 1.165) is 0 Å². The maximum Gasteiger partial charge on any atom is 0.344 e. The Morgan fingerprint density at radius 1 is 1.20 bits per heavy atom. The zero-order valence-electron chi connectivity index (χ0n) is 13.4. The standard InChI is InChI=1S/C18H16ClNO5/c1-12(18(23)20-15-7-4-6-14(19)9-15)25-17(22)11-24-16-8-3-2-5-13(16)10-21/h2-10,12H,11H2,1H3,(H,20,23)/t12-/m0/s1. The van der Waals surface area contributed by atoms with Crippen molar-refractivity contribution in [2.24, 2.45) is 0 Å². The fourth-order valence-corrected chi connectivity index (χ4v) is 2.13. The van der Waals surface area contributed by atoms with Crippen LogP contribution in [0.25, 0.3) is 0 Å². The summed E-state index contributed by atoms with van der Waals surface area (Å²) in [7, 11) is 0. The van der Waals surface area contributed by atoms with Crippen LogP contribution < -0.4 is 10.1 Å². The minimum absolute atomic E-state index is 0.269. The minimum atomic E-state index is -1.02. The number of halogens is 1. The van der Waals surface area contributed by atoms with Crippen molar-refractivity contribution >= 4 is 35.5 Å². The average Bonchev–Trinajstić information content (AvgIpc) is 2.60. The van der Waals surface area contributed by atoms with Crippen LogP contribution in [0.3, 0.4) is 0 Å². The highest BCUT2D eigenvalue weighted by molar-refractivity contribution is 6.30. The van der Waals surface area contributed by atoms with Crippen LogP contribution in [0.2, 0.25) is 5.02 Å². The summed E-state index contributed by atoms with van der Waals surface area (Å²) in [6.07, 6.45) is -0.391. The number of amides is 1. The summed E-state index contributed by atoms with van der Waals surface area (Å²) < 4.78 is 10.3. The molecule has 0 saturated heterocycles. The molecule has 6 nitrogen and oxygen atoms in total. The van der Waals surface area contributed by atoms with Gasteiger partial charge in [-0.25, -0.2) is 4.79 Å². The quantitative estimate of drug-likeness (QED) is 0.605. The SMILES string of the molecule is C[C@H](OC(=O)COc1ccccc1C=O)C(=O)Nc1cccc(Cl)c1. The van der Waals surface area contributed by atoms with E-state index in [0.29, 0.717) is 22.6 Å². The summed E-state index contributed by atoms with van der Waals surface area (Å²) in [5.41, 5.74) is 0.818. The number of ether oxygens (including phenoxy) is 2. The molecule has 0 radical (unpaired) electrons. The Bertz CT molecular complexity index is 778. The molecule has 1 atom stereocenters. The fraction of sp³-hybridized carbons (Fsp3) is 0.167. The summed E-state index contributed by atoms with van der Waals surface area (Å²) in [6.45, 7) is 1.02. The first-order chi connectivity index (χ1) is 12.0. The monoisotopic (exact) mass is 361 g/mol. The molecular formula is C18H16ClNO5. The van der Waals surface area contributed by atoms with Crippen molar-refractivity contribution in [3.63, 3.8) is 0 Å². The third-order valence-electron chi connectivity index (χ3n) is 3.16. The van der Waals surface area contributed by atoms with Gasteiger partial charge in [-0.2, -0.15) is 0 Å². The number of esters is 1. The summed E-state index contributed by atoms with van der Waals surface area (Å²) in [6, 6.07) is 13.1. The lowest BCUT2D eigenvalue weighted by Gasteiger charge is -2.14. The highest BCUT2D eigenvalue weighted by atomic mass is 35.5. The molecule has 2 aromatic rings. The number of nitrogens with one attached hydrogen (secondary N) is 1. The van der Waals surface area contributed by atoms with Crippen molar-refractivity contribution in [1.29, 1.82) is 0 Å². The Balaban J connectivity index is 1.85. The first kappa shape index (κ1) is 18.5. The van der Waals surface area contributed by atoms with Crippen molar-refractivity contribution in [3.8, 4) is 5.75 Å². The zero-order chi connectivity index (χ0) is 18.2. The lowest BCUT2D eigenvalue weighted by Crippen LogP contribution is -2.31. The second-order valence-corrected chi connectivity index (χ2v) is 5.51. The van der Waals surface area contributed by atoms with E-state index in [1.54, 1.807) is 48.5 Å². The molecule has 25 heavy (non-hydrogen) atoms. The molecule has 7 heteroatoms. The zero-order valence-corrected chi connectivity index (χ0v) is 14.2. The van der Waals surface area contributed by atoms with Gasteiger partial charge in [0.25, 0.3) is 5.91 Å². The Kier molecular flexibility index (Phi) is 6.54. The number of hydrogen-bond donors (Lipinski definition) is 1. The molecule has 0 aromatic heterocycles. The number of carbonyl (C=O) groups is 3. The molecule has 2 rings (SSSR count). The lowest BCUT2D eigenvalue weighted by atomic mass is 10.2. The Morgan fingerprint density at radius 2 is 1.96 bits per heavy atom. The van der Waals surface area contributed by atoms with Crippen molar-refractivity contribution in [3.05, 3.63) is 59.1 Å². The molecule has 0 bridgehead atoms. The van der Waals surface area contributed by atoms with Crippen LogP contribution in [-0.4, -0.2) is 30.9 Å². The van der Waals surface area contributed by atoms with E-state index in [4.69, 9.17) is 21.1 Å². The predicted octanol–water partition coefficient (Wildman–Crippen LogP) is 3.10. The molecule has 0 unspecified atom stereocenters. The molecule has 0 heterocycles. The van der Waals surface area contributed by atoms with E-state index < -0.39 is 24.6 Å². The molecule has 0 spiro atoms. The molecule has 0 saturated carbocycles. The Morgan fingerprint density at radius 3 is 2.68 bits per heavy atom. The minimum Gasteiger partial charge on any atom is -0.481 e. The van der Waals surface area contributed by atoms with Crippen LogP contribution in [0.5, 0.6) is 5.75 Å². The molecule has 0 aliphatic heterocycles. The molecule has 2 aromatic carbocycles. The van der Waals surface area contributed by atoms with Crippen LogP contribution >= 0.6 is 11.6 Å². The van der Waals surface area contributed by atoms with Crippen LogP contribution in [0, 0.1) is 0 Å². The van der Waals surface area contributed by atoms with Gasteiger partial charge in [-0.1, -0.05) is 29.8 Å². The summed E-state index contributed by atoms with van der Waals surface area (Å²) >= 11 is 5.84. The van der Waals surface area contributed by atoms with E-state index in [1.807, 2.05) is 0 Å².